The third-order valence-electron chi connectivity index (χ3n) is 6.13. The van der Waals surface area contributed by atoms with E-state index in [-0.39, 0.29) is 30.3 Å². The van der Waals surface area contributed by atoms with Gasteiger partial charge in [-0.1, -0.05) is 18.2 Å². The monoisotopic (exact) mass is 370 g/mol. The lowest BCUT2D eigenvalue weighted by atomic mass is 9.79. The summed E-state index contributed by atoms with van der Waals surface area (Å²) in [7, 11) is 1.75. The Morgan fingerprint density at radius 1 is 1.33 bits per heavy atom. The van der Waals surface area contributed by atoms with Gasteiger partial charge in [-0.15, -0.1) is 0 Å². The Bertz CT molecular complexity index is 821. The van der Waals surface area contributed by atoms with Crippen LogP contribution in [0.2, 0.25) is 0 Å². The molecule has 2 aromatic rings. The fraction of sp³-hybridized carbons (Fsp3) is 0.524. The zero-order valence-corrected chi connectivity index (χ0v) is 15.6. The van der Waals surface area contributed by atoms with Gasteiger partial charge in [0.05, 0.1) is 42.0 Å². The number of amides is 1. The number of likely N-dealkylation sites (tertiary alicyclic amines) is 1. The van der Waals surface area contributed by atoms with Crippen molar-refractivity contribution in [1.82, 2.24) is 9.88 Å². The molecule has 2 unspecified atom stereocenters. The molecular formula is C21H26N2O4. The highest BCUT2D eigenvalue weighted by atomic mass is 16.5. The van der Waals surface area contributed by atoms with Crippen molar-refractivity contribution in [2.45, 2.75) is 43.4 Å². The van der Waals surface area contributed by atoms with E-state index in [0.29, 0.717) is 18.7 Å². The number of aromatic nitrogens is 1. The van der Waals surface area contributed by atoms with Crippen molar-refractivity contribution in [2.75, 3.05) is 26.9 Å². The van der Waals surface area contributed by atoms with Gasteiger partial charge in [0.1, 0.15) is 0 Å². The molecule has 1 saturated heterocycles. The molecular weight excluding hydrogens is 344 g/mol. The number of aliphatic hydroxyl groups is 1. The molecule has 3 atom stereocenters. The molecule has 2 aliphatic rings. The molecule has 1 aliphatic heterocycles. The average molecular weight is 370 g/mol. The summed E-state index contributed by atoms with van der Waals surface area (Å²) < 4.78 is 11.7. The number of nitrogens with zero attached hydrogens (tertiary/aromatic N) is 2. The molecule has 1 saturated carbocycles. The maximum Gasteiger partial charge on any atom is 0.254 e. The Morgan fingerprint density at radius 2 is 2.19 bits per heavy atom. The molecule has 1 amide bonds. The molecule has 1 aromatic heterocycles. The van der Waals surface area contributed by atoms with Gasteiger partial charge in [0.2, 0.25) is 0 Å². The zero-order valence-electron chi connectivity index (χ0n) is 15.6. The number of carbonyl (C=O) groups is 1. The molecule has 1 aliphatic carbocycles. The number of methoxy groups -OCH3 is 1. The summed E-state index contributed by atoms with van der Waals surface area (Å²) in [5, 5.41) is 9.93. The van der Waals surface area contributed by atoms with Crippen LogP contribution < -0.4 is 0 Å². The van der Waals surface area contributed by atoms with Crippen LogP contribution in [0.4, 0.5) is 0 Å². The van der Waals surface area contributed by atoms with Crippen molar-refractivity contribution in [1.29, 1.82) is 0 Å². The van der Waals surface area contributed by atoms with Crippen LogP contribution in [-0.4, -0.2) is 65.5 Å². The van der Waals surface area contributed by atoms with Crippen LogP contribution in [0.5, 0.6) is 0 Å². The minimum Gasteiger partial charge on any atom is -0.394 e. The van der Waals surface area contributed by atoms with Gasteiger partial charge in [0, 0.05) is 25.2 Å². The molecule has 0 bridgehead atoms. The summed E-state index contributed by atoms with van der Waals surface area (Å²) in [6.07, 6.45) is 5.09. The Hall–Kier alpha value is -2.02. The standard InChI is InChI=1S/C21H26N2O4/c1-26-21-8-6-15(27-13-12-24)14-19(21)23(11-9-21)20(25)17-7-10-22-18-5-3-2-4-16(17)18/h2-5,7,10,15,19,24H,6,8-9,11-14H2,1H3/t15?,19?,21-/m1/s1. The number of ether oxygens (including phenoxy) is 2. The molecule has 144 valence electrons. The van der Waals surface area contributed by atoms with Crippen LogP contribution >= 0.6 is 0 Å². The maximum atomic E-state index is 13.5. The lowest BCUT2D eigenvalue weighted by Crippen LogP contribution is -2.53. The van der Waals surface area contributed by atoms with E-state index in [4.69, 9.17) is 14.6 Å². The normalized spacial score (nSPS) is 27.7. The van der Waals surface area contributed by atoms with Gasteiger partial charge in [-0.2, -0.15) is 0 Å². The van der Waals surface area contributed by atoms with Gasteiger partial charge in [0.25, 0.3) is 5.91 Å². The summed E-state index contributed by atoms with van der Waals surface area (Å²) in [6.45, 7) is 1.03. The number of hydrogen-bond donors (Lipinski definition) is 1. The number of hydrogen-bond acceptors (Lipinski definition) is 5. The van der Waals surface area contributed by atoms with E-state index in [2.05, 4.69) is 4.98 Å². The second-order valence-corrected chi connectivity index (χ2v) is 7.40. The maximum absolute atomic E-state index is 13.5. The Morgan fingerprint density at radius 3 is 3.00 bits per heavy atom. The predicted molar refractivity (Wildman–Crippen MR) is 102 cm³/mol. The van der Waals surface area contributed by atoms with Gasteiger partial charge < -0.3 is 19.5 Å². The molecule has 4 rings (SSSR count). The van der Waals surface area contributed by atoms with Crippen LogP contribution in [0.1, 0.15) is 36.0 Å². The van der Waals surface area contributed by atoms with Crippen molar-refractivity contribution in [2.24, 2.45) is 0 Å². The molecule has 2 heterocycles. The van der Waals surface area contributed by atoms with Crippen LogP contribution in [-0.2, 0) is 9.47 Å². The fourth-order valence-electron chi connectivity index (χ4n) is 4.71. The summed E-state index contributed by atoms with van der Waals surface area (Å²) in [4.78, 5) is 19.8. The SMILES string of the molecule is CO[C@@]12CCC(OCCO)CC1N(C(=O)c1ccnc3ccccc13)CC2. The van der Waals surface area contributed by atoms with Crippen molar-refractivity contribution in [3.05, 3.63) is 42.1 Å². The van der Waals surface area contributed by atoms with Gasteiger partial charge in [-0.3, -0.25) is 9.78 Å². The topological polar surface area (TPSA) is 71.9 Å². The number of fused-ring (bicyclic) bond motifs is 2. The van der Waals surface area contributed by atoms with E-state index in [1.807, 2.05) is 29.2 Å². The summed E-state index contributed by atoms with van der Waals surface area (Å²) >= 11 is 0. The third-order valence-corrected chi connectivity index (χ3v) is 6.13. The lowest BCUT2D eigenvalue weighted by Gasteiger charge is -2.43. The van der Waals surface area contributed by atoms with Gasteiger partial charge in [-0.05, 0) is 37.8 Å². The number of carbonyl (C=O) groups excluding carboxylic acids is 1. The van der Waals surface area contributed by atoms with Crippen molar-refractivity contribution in [3.63, 3.8) is 0 Å². The quantitative estimate of drug-likeness (QED) is 0.875. The number of pyridine rings is 1. The second kappa shape index (κ2) is 7.54. The van der Waals surface area contributed by atoms with Crippen LogP contribution in [0.15, 0.2) is 36.5 Å². The molecule has 6 heteroatoms. The Kier molecular flexibility index (Phi) is 5.12. The molecule has 2 fully saturated rings. The van der Waals surface area contributed by atoms with E-state index in [9.17, 15) is 4.79 Å². The van der Waals surface area contributed by atoms with E-state index in [1.165, 1.54) is 0 Å². The van der Waals surface area contributed by atoms with Crippen LogP contribution in [0.25, 0.3) is 10.9 Å². The molecule has 0 radical (unpaired) electrons. The van der Waals surface area contributed by atoms with E-state index >= 15 is 0 Å². The largest absolute Gasteiger partial charge is 0.394 e. The highest BCUT2D eigenvalue weighted by Gasteiger charge is 2.52. The minimum atomic E-state index is -0.294. The highest BCUT2D eigenvalue weighted by Crippen LogP contribution is 2.43. The Balaban J connectivity index is 1.63. The van der Waals surface area contributed by atoms with Crippen LogP contribution in [0.3, 0.4) is 0 Å². The van der Waals surface area contributed by atoms with Gasteiger partial charge >= 0.3 is 0 Å². The molecule has 27 heavy (non-hydrogen) atoms. The first kappa shape index (κ1) is 18.3. The first-order valence-electron chi connectivity index (χ1n) is 9.61. The highest BCUT2D eigenvalue weighted by molar-refractivity contribution is 6.06. The van der Waals surface area contributed by atoms with Crippen molar-refractivity contribution in [3.8, 4) is 0 Å². The van der Waals surface area contributed by atoms with Crippen molar-refractivity contribution >= 4 is 16.8 Å². The summed E-state index contributed by atoms with van der Waals surface area (Å²) in [6, 6.07) is 9.53. The number of benzene rings is 1. The second-order valence-electron chi connectivity index (χ2n) is 7.40. The zero-order chi connectivity index (χ0) is 18.9. The fourth-order valence-corrected chi connectivity index (χ4v) is 4.71. The summed E-state index contributed by atoms with van der Waals surface area (Å²) in [5.41, 5.74) is 1.22. The first-order chi connectivity index (χ1) is 13.2. The van der Waals surface area contributed by atoms with Gasteiger partial charge in [-0.25, -0.2) is 0 Å². The van der Waals surface area contributed by atoms with Crippen LogP contribution in [0, 0.1) is 0 Å². The third kappa shape index (κ3) is 3.22. The van der Waals surface area contributed by atoms with Crippen molar-refractivity contribution < 1.29 is 19.4 Å². The molecule has 0 spiro atoms. The van der Waals surface area contributed by atoms with E-state index in [1.54, 1.807) is 19.4 Å². The molecule has 1 N–H and O–H groups in total. The summed E-state index contributed by atoms with van der Waals surface area (Å²) in [5.74, 6) is 0.0281. The number of rotatable bonds is 5. The lowest BCUT2D eigenvalue weighted by molar-refractivity contribution is -0.0991. The smallest absolute Gasteiger partial charge is 0.254 e. The number of aliphatic hydroxyl groups excluding tert-OH is 1. The minimum absolute atomic E-state index is 0.0145. The number of para-hydroxylation sites is 1. The van der Waals surface area contributed by atoms with Gasteiger partial charge in [0.15, 0.2) is 0 Å². The first-order valence-corrected chi connectivity index (χ1v) is 9.61. The molecule has 1 aromatic carbocycles. The molecule has 6 nitrogen and oxygen atoms in total. The van der Waals surface area contributed by atoms with E-state index in [0.717, 1.165) is 36.6 Å². The average Bonchev–Trinajstić information content (AvgIpc) is 3.10. The predicted octanol–water partition coefficient (Wildman–Crippen LogP) is 2.40. The Labute approximate surface area is 159 Å². The van der Waals surface area contributed by atoms with E-state index < -0.39 is 0 Å².